The molecule has 2 bridgehead atoms. The lowest BCUT2D eigenvalue weighted by molar-refractivity contribution is -0.146. The van der Waals surface area contributed by atoms with E-state index in [0.717, 1.165) is 29.3 Å². The number of rotatable bonds is 11. The number of thioether (sulfide) groups is 1. The monoisotopic (exact) mass is 575 g/mol. The Morgan fingerprint density at radius 3 is 2.49 bits per heavy atom. The zero-order valence-electron chi connectivity index (χ0n) is 24.3. The Hall–Kier alpha value is -3.10. The molecule has 2 aromatic carbocycles. The molecule has 3 aliphatic rings. The van der Waals surface area contributed by atoms with Gasteiger partial charge in [0.25, 0.3) is 5.91 Å². The molecule has 3 saturated heterocycles. The Balaban J connectivity index is 1.60. The number of benzene rings is 2. The van der Waals surface area contributed by atoms with Crippen LogP contribution in [-0.4, -0.2) is 80.4 Å². The van der Waals surface area contributed by atoms with Crippen LogP contribution in [0.1, 0.15) is 40.0 Å². The van der Waals surface area contributed by atoms with Crippen molar-refractivity contribution >= 4 is 45.9 Å². The van der Waals surface area contributed by atoms with Crippen LogP contribution >= 0.6 is 11.8 Å². The third-order valence-electron chi connectivity index (χ3n) is 9.23. The molecule has 0 saturated carbocycles. The average Bonchev–Trinajstić information content (AvgIpc) is 3.55. The lowest BCUT2D eigenvalue weighted by Gasteiger charge is -2.39. The first-order valence-corrected chi connectivity index (χ1v) is 15.4. The Kier molecular flexibility index (Phi) is 8.09. The van der Waals surface area contributed by atoms with Crippen LogP contribution in [0.2, 0.25) is 0 Å². The van der Waals surface area contributed by atoms with Gasteiger partial charge in [-0.2, -0.15) is 0 Å². The molecule has 3 fully saturated rings. The number of aliphatic hydroxyl groups is 1. The highest BCUT2D eigenvalue weighted by Crippen LogP contribution is 2.72. The van der Waals surface area contributed by atoms with Crippen LogP contribution in [0, 0.1) is 11.8 Å². The highest BCUT2D eigenvalue weighted by molar-refractivity contribution is 8.02. The number of amides is 3. The van der Waals surface area contributed by atoms with Gasteiger partial charge in [0.05, 0.1) is 29.2 Å². The lowest BCUT2D eigenvalue weighted by Crippen LogP contribution is -2.57. The normalized spacial score (nSPS) is 28.9. The van der Waals surface area contributed by atoms with E-state index in [2.05, 4.69) is 20.1 Å². The van der Waals surface area contributed by atoms with Crippen LogP contribution in [0.5, 0.6) is 0 Å². The molecule has 0 aliphatic carbocycles. The van der Waals surface area contributed by atoms with Crippen molar-refractivity contribution in [3.8, 4) is 0 Å². The molecule has 7 nitrogen and oxygen atoms in total. The van der Waals surface area contributed by atoms with Crippen molar-refractivity contribution in [2.75, 3.05) is 31.1 Å². The molecule has 0 aromatic heterocycles. The summed E-state index contributed by atoms with van der Waals surface area (Å²) in [4.78, 5) is 48.4. The maximum Gasteiger partial charge on any atom is 0.251 e. The smallest absolute Gasteiger partial charge is 0.251 e. The van der Waals surface area contributed by atoms with Crippen LogP contribution in [0.3, 0.4) is 0 Å². The van der Waals surface area contributed by atoms with Crippen molar-refractivity contribution in [1.82, 2.24) is 9.80 Å². The second kappa shape index (κ2) is 11.3. The molecule has 41 heavy (non-hydrogen) atoms. The van der Waals surface area contributed by atoms with E-state index in [1.165, 1.54) is 0 Å². The van der Waals surface area contributed by atoms with Crippen LogP contribution in [0.25, 0.3) is 10.8 Å². The summed E-state index contributed by atoms with van der Waals surface area (Å²) < 4.78 is -1.21. The second-order valence-electron chi connectivity index (χ2n) is 11.8. The van der Waals surface area contributed by atoms with Crippen LogP contribution in [-0.2, 0) is 14.4 Å². The van der Waals surface area contributed by atoms with E-state index in [1.54, 1.807) is 45.5 Å². The van der Waals surface area contributed by atoms with E-state index in [0.29, 0.717) is 19.5 Å². The number of carbonyl (C=O) groups excluding carboxylic acids is 3. The summed E-state index contributed by atoms with van der Waals surface area (Å²) in [5, 5.41) is 12.3. The number of aliphatic hydroxyl groups excluding tert-OH is 1. The predicted octanol–water partition coefficient (Wildman–Crippen LogP) is 4.65. The van der Waals surface area contributed by atoms with E-state index in [9.17, 15) is 19.5 Å². The molecule has 2 unspecified atom stereocenters. The quantitative estimate of drug-likeness (QED) is 0.395. The number of nitrogens with zero attached hydrogens (tertiary/aromatic N) is 3. The first-order valence-electron chi connectivity index (χ1n) is 14.6. The predicted molar refractivity (Wildman–Crippen MR) is 166 cm³/mol. The molecule has 3 aliphatic heterocycles. The maximum atomic E-state index is 14.8. The molecular weight excluding hydrogens is 534 g/mol. The zero-order valence-corrected chi connectivity index (χ0v) is 25.1. The minimum absolute atomic E-state index is 0.0381. The summed E-state index contributed by atoms with van der Waals surface area (Å²) in [6.07, 6.45) is 5.63. The first-order chi connectivity index (χ1) is 19.7. The molecule has 0 radical (unpaired) electrons. The van der Waals surface area contributed by atoms with E-state index in [-0.39, 0.29) is 30.9 Å². The standard InChI is InChI=1S/C33H41N3O4S/c1-6-17-34(18-7-2)29(38)26-27-30(39)36(22(4)21-37)28(33(27)16-15-32(26,5)41-33)31(40)35(19-8-3)25-14-13-23-11-9-10-12-24(23)20-25/h6,8-14,20,22,26-28,37H,1,3,7,15-19,21H2,2,4-5H3/t22-,26+,27+,28?,32-,33?/m1/s1. The number of likely N-dealkylation sites (tertiary alicyclic amines) is 1. The zero-order chi connectivity index (χ0) is 29.5. The molecule has 2 aromatic rings. The summed E-state index contributed by atoms with van der Waals surface area (Å²) >= 11 is 1.66. The van der Waals surface area contributed by atoms with Crippen molar-refractivity contribution in [2.45, 2.75) is 61.6 Å². The molecule has 218 valence electrons. The second-order valence-corrected chi connectivity index (χ2v) is 13.7. The summed E-state index contributed by atoms with van der Waals surface area (Å²) in [5.41, 5.74) is 0.731. The fraction of sp³-hybridized carbons (Fsp3) is 0.485. The highest BCUT2D eigenvalue weighted by Gasteiger charge is 2.77. The molecule has 5 rings (SSSR count). The van der Waals surface area contributed by atoms with E-state index >= 15 is 0 Å². The van der Waals surface area contributed by atoms with Gasteiger partial charge in [0, 0.05) is 30.1 Å². The van der Waals surface area contributed by atoms with Crippen LogP contribution in [0.15, 0.2) is 67.8 Å². The summed E-state index contributed by atoms with van der Waals surface area (Å²) in [5.74, 6) is -1.61. The lowest BCUT2D eigenvalue weighted by atomic mass is 9.66. The minimum atomic E-state index is -0.808. The molecule has 3 heterocycles. The van der Waals surface area contributed by atoms with Gasteiger partial charge >= 0.3 is 0 Å². The van der Waals surface area contributed by atoms with Gasteiger partial charge in [0.2, 0.25) is 11.8 Å². The maximum absolute atomic E-state index is 14.8. The number of hydrogen-bond donors (Lipinski definition) is 1. The number of fused-ring (bicyclic) bond motifs is 2. The fourth-order valence-electron chi connectivity index (χ4n) is 7.44. The largest absolute Gasteiger partial charge is 0.394 e. The fourth-order valence-corrected chi connectivity index (χ4v) is 9.77. The average molecular weight is 576 g/mol. The molecule has 1 spiro atoms. The van der Waals surface area contributed by atoms with E-state index < -0.39 is 33.4 Å². The third kappa shape index (κ3) is 4.59. The number of anilines is 1. The van der Waals surface area contributed by atoms with Crippen molar-refractivity contribution in [1.29, 1.82) is 0 Å². The third-order valence-corrected chi connectivity index (χ3v) is 11.2. The van der Waals surface area contributed by atoms with Gasteiger partial charge in [-0.05, 0) is 56.0 Å². The Morgan fingerprint density at radius 1 is 1.12 bits per heavy atom. The van der Waals surface area contributed by atoms with Gasteiger partial charge in [0.15, 0.2) is 0 Å². The van der Waals surface area contributed by atoms with Gasteiger partial charge in [-0.25, -0.2) is 0 Å². The summed E-state index contributed by atoms with van der Waals surface area (Å²) in [7, 11) is 0. The van der Waals surface area contributed by atoms with Gasteiger partial charge < -0.3 is 19.8 Å². The molecule has 6 atom stereocenters. The van der Waals surface area contributed by atoms with Gasteiger partial charge in [-0.15, -0.1) is 24.9 Å². The SMILES string of the molecule is C=CCN(CCC)C(=O)[C@@H]1[C@H]2C(=O)N([C@H](C)CO)C(C(=O)N(CC=C)c3ccc4ccccc4c3)C23CC[C@@]1(C)S3. The summed E-state index contributed by atoms with van der Waals surface area (Å²) in [6.45, 7) is 14.7. The van der Waals surface area contributed by atoms with Crippen molar-refractivity contribution in [3.05, 3.63) is 67.8 Å². The number of carbonyl (C=O) groups is 3. The Bertz CT molecular complexity index is 1380. The molecule has 8 heteroatoms. The van der Waals surface area contributed by atoms with Gasteiger partial charge in [-0.1, -0.05) is 49.4 Å². The van der Waals surface area contributed by atoms with Gasteiger partial charge in [0.1, 0.15) is 6.04 Å². The highest BCUT2D eigenvalue weighted by atomic mass is 32.2. The van der Waals surface area contributed by atoms with Crippen LogP contribution in [0.4, 0.5) is 5.69 Å². The van der Waals surface area contributed by atoms with Crippen molar-refractivity contribution < 1.29 is 19.5 Å². The van der Waals surface area contributed by atoms with Crippen molar-refractivity contribution in [3.63, 3.8) is 0 Å². The van der Waals surface area contributed by atoms with E-state index in [4.69, 9.17) is 0 Å². The first kappa shape index (κ1) is 29.4. The number of hydrogen-bond acceptors (Lipinski definition) is 5. The van der Waals surface area contributed by atoms with E-state index in [1.807, 2.05) is 49.4 Å². The van der Waals surface area contributed by atoms with Crippen LogP contribution < -0.4 is 4.90 Å². The Labute approximate surface area is 247 Å². The molecule has 1 N–H and O–H groups in total. The Morgan fingerprint density at radius 2 is 1.83 bits per heavy atom. The molecule has 3 amide bonds. The minimum Gasteiger partial charge on any atom is -0.394 e. The summed E-state index contributed by atoms with van der Waals surface area (Å²) in [6, 6.07) is 12.5. The van der Waals surface area contributed by atoms with Crippen molar-refractivity contribution in [2.24, 2.45) is 11.8 Å². The van der Waals surface area contributed by atoms with Gasteiger partial charge in [-0.3, -0.25) is 14.4 Å². The topological polar surface area (TPSA) is 81.2 Å². The molecular formula is C33H41N3O4S.